The van der Waals surface area contributed by atoms with E-state index in [0.29, 0.717) is 17.1 Å². The van der Waals surface area contributed by atoms with Gasteiger partial charge in [-0.3, -0.25) is 9.59 Å². The first-order valence-corrected chi connectivity index (χ1v) is 11.2. The van der Waals surface area contributed by atoms with E-state index in [1.165, 1.54) is 10.2 Å². The Morgan fingerprint density at radius 3 is 2.42 bits per heavy atom. The van der Waals surface area contributed by atoms with E-state index in [1.54, 1.807) is 10.9 Å². The number of aryl methyl sites for hydroxylation is 4. The van der Waals surface area contributed by atoms with Crippen molar-refractivity contribution in [1.82, 2.24) is 19.6 Å². The molecule has 0 bridgehead atoms. The molecular formula is C26H27N5O2. The lowest BCUT2D eigenvalue weighted by atomic mass is 10.1. The summed E-state index contributed by atoms with van der Waals surface area (Å²) in [6, 6.07) is 11.9. The first kappa shape index (κ1) is 21.1. The Balaban J connectivity index is 1.56. The van der Waals surface area contributed by atoms with Crippen molar-refractivity contribution in [3.8, 4) is 5.69 Å². The van der Waals surface area contributed by atoms with Gasteiger partial charge in [-0.1, -0.05) is 12.1 Å². The van der Waals surface area contributed by atoms with Crippen molar-refractivity contribution in [3.05, 3.63) is 80.9 Å². The fraction of sp³-hybridized carbons (Fsp3) is 0.308. The monoisotopic (exact) mass is 441 g/mol. The summed E-state index contributed by atoms with van der Waals surface area (Å²) in [6.45, 7) is 7.91. The van der Waals surface area contributed by atoms with Gasteiger partial charge in [-0.25, -0.2) is 9.36 Å². The standard InChI is InChI=1S/C26H27N5O2/c1-15-9-16(2)11-20(10-15)28-23(32)14-30-26(33)25-22(24(29-30)19-6-7-19)13-27-31(25)21-8-5-17(3)18(4)12-21/h5,8-13,19H,6-7,14H2,1-4H3,(H,28,32). The van der Waals surface area contributed by atoms with Gasteiger partial charge in [0.1, 0.15) is 12.1 Å². The zero-order valence-corrected chi connectivity index (χ0v) is 19.3. The molecule has 168 valence electrons. The van der Waals surface area contributed by atoms with Crippen LogP contribution in [-0.2, 0) is 11.3 Å². The van der Waals surface area contributed by atoms with Crippen molar-refractivity contribution in [3.63, 3.8) is 0 Å². The number of carbonyl (C=O) groups is 1. The topological polar surface area (TPSA) is 81.8 Å². The van der Waals surface area contributed by atoms with Gasteiger partial charge in [0.25, 0.3) is 5.56 Å². The quantitative estimate of drug-likeness (QED) is 0.500. The van der Waals surface area contributed by atoms with Crippen molar-refractivity contribution >= 4 is 22.5 Å². The zero-order chi connectivity index (χ0) is 23.3. The maximum Gasteiger partial charge on any atom is 0.293 e. The molecule has 5 rings (SSSR count). The summed E-state index contributed by atoms with van der Waals surface area (Å²) in [5.41, 5.74) is 6.97. The van der Waals surface area contributed by atoms with Gasteiger partial charge in [0.2, 0.25) is 5.91 Å². The highest BCUT2D eigenvalue weighted by Crippen LogP contribution is 2.41. The Bertz CT molecular complexity index is 1440. The molecule has 1 aliphatic carbocycles. The van der Waals surface area contributed by atoms with E-state index >= 15 is 0 Å². The first-order valence-electron chi connectivity index (χ1n) is 11.2. The second-order valence-corrected chi connectivity index (χ2v) is 9.13. The van der Waals surface area contributed by atoms with Crippen molar-refractivity contribution in [1.29, 1.82) is 0 Å². The lowest BCUT2D eigenvalue weighted by molar-refractivity contribution is -0.117. The lowest BCUT2D eigenvalue weighted by Crippen LogP contribution is -2.31. The number of amides is 1. The summed E-state index contributed by atoms with van der Waals surface area (Å²) in [5, 5.41) is 12.8. The van der Waals surface area contributed by atoms with Gasteiger partial charge >= 0.3 is 0 Å². The van der Waals surface area contributed by atoms with Gasteiger partial charge in [-0.2, -0.15) is 10.2 Å². The van der Waals surface area contributed by atoms with E-state index in [1.807, 2.05) is 57.2 Å². The number of hydrogen-bond donors (Lipinski definition) is 1. The fourth-order valence-corrected chi connectivity index (χ4v) is 4.30. The molecule has 0 atom stereocenters. The van der Waals surface area contributed by atoms with Gasteiger partial charge in [-0.15, -0.1) is 0 Å². The molecule has 4 aromatic rings. The highest BCUT2D eigenvalue weighted by molar-refractivity contribution is 5.91. The molecule has 7 nitrogen and oxygen atoms in total. The molecule has 1 aliphatic rings. The number of nitrogens with zero attached hydrogens (tertiary/aromatic N) is 4. The van der Waals surface area contributed by atoms with Gasteiger partial charge in [0.05, 0.1) is 17.6 Å². The number of rotatable bonds is 5. The third-order valence-corrected chi connectivity index (χ3v) is 6.21. The van der Waals surface area contributed by atoms with Crippen LogP contribution in [0.3, 0.4) is 0 Å². The Morgan fingerprint density at radius 1 is 1.03 bits per heavy atom. The molecular weight excluding hydrogens is 414 g/mol. The first-order chi connectivity index (χ1) is 15.8. The molecule has 2 heterocycles. The summed E-state index contributed by atoms with van der Waals surface area (Å²) in [6.07, 6.45) is 3.79. The van der Waals surface area contributed by atoms with Crippen molar-refractivity contribution in [2.45, 2.75) is 53.0 Å². The van der Waals surface area contributed by atoms with Crippen LogP contribution in [0.5, 0.6) is 0 Å². The van der Waals surface area contributed by atoms with Crippen LogP contribution in [0.1, 0.15) is 46.7 Å². The average Bonchev–Trinajstić information content (AvgIpc) is 3.49. The van der Waals surface area contributed by atoms with Crippen LogP contribution in [0.25, 0.3) is 16.6 Å². The highest BCUT2D eigenvalue weighted by Gasteiger charge is 2.30. The summed E-state index contributed by atoms with van der Waals surface area (Å²) in [5.74, 6) is 0.0205. The van der Waals surface area contributed by atoms with Gasteiger partial charge < -0.3 is 5.32 Å². The van der Waals surface area contributed by atoms with E-state index in [4.69, 9.17) is 0 Å². The van der Waals surface area contributed by atoms with E-state index in [-0.39, 0.29) is 18.0 Å². The molecule has 0 aliphatic heterocycles. The van der Waals surface area contributed by atoms with E-state index in [9.17, 15) is 9.59 Å². The third-order valence-electron chi connectivity index (χ3n) is 6.21. The maximum atomic E-state index is 13.5. The number of carbonyl (C=O) groups excluding carboxylic acids is 1. The molecule has 1 saturated carbocycles. The second kappa shape index (κ2) is 7.99. The normalized spacial score (nSPS) is 13.5. The van der Waals surface area contributed by atoms with Crippen molar-refractivity contribution < 1.29 is 4.79 Å². The number of fused-ring (bicyclic) bond motifs is 1. The number of aromatic nitrogens is 4. The van der Waals surface area contributed by atoms with Crippen LogP contribution >= 0.6 is 0 Å². The van der Waals surface area contributed by atoms with Crippen LogP contribution in [0.2, 0.25) is 0 Å². The van der Waals surface area contributed by atoms with Gasteiger partial charge in [-0.05, 0) is 87.1 Å². The minimum absolute atomic E-state index is 0.153. The minimum Gasteiger partial charge on any atom is -0.324 e. The Hall–Kier alpha value is -3.74. The average molecular weight is 442 g/mol. The van der Waals surface area contributed by atoms with Gasteiger partial charge in [0, 0.05) is 17.0 Å². The van der Waals surface area contributed by atoms with E-state index in [0.717, 1.165) is 46.3 Å². The third kappa shape index (κ3) is 4.06. The maximum absolute atomic E-state index is 13.5. The van der Waals surface area contributed by atoms with Crippen LogP contribution in [0.4, 0.5) is 5.69 Å². The summed E-state index contributed by atoms with van der Waals surface area (Å²) >= 11 is 0. The predicted octanol–water partition coefficient (Wildman–Crippen LogP) is 4.33. The molecule has 7 heteroatoms. The van der Waals surface area contributed by atoms with Gasteiger partial charge in [0.15, 0.2) is 0 Å². The SMILES string of the molecule is Cc1cc(C)cc(NC(=O)Cn2nc(C3CC3)c3cnn(-c4ccc(C)c(C)c4)c3c2=O)c1. The molecule has 33 heavy (non-hydrogen) atoms. The molecule has 2 aromatic carbocycles. The number of hydrogen-bond acceptors (Lipinski definition) is 4. The van der Waals surface area contributed by atoms with Crippen LogP contribution in [0, 0.1) is 27.7 Å². The molecule has 1 amide bonds. The molecule has 0 unspecified atom stereocenters. The minimum atomic E-state index is -0.319. The fourth-order valence-electron chi connectivity index (χ4n) is 4.30. The number of benzene rings is 2. The Labute approximate surface area is 192 Å². The zero-order valence-electron chi connectivity index (χ0n) is 19.3. The molecule has 0 spiro atoms. The number of anilines is 1. The Morgan fingerprint density at radius 2 is 1.76 bits per heavy atom. The van der Waals surface area contributed by atoms with Crippen molar-refractivity contribution in [2.75, 3.05) is 5.32 Å². The molecule has 1 N–H and O–H groups in total. The van der Waals surface area contributed by atoms with Crippen LogP contribution < -0.4 is 10.9 Å². The van der Waals surface area contributed by atoms with E-state index in [2.05, 4.69) is 22.4 Å². The smallest absolute Gasteiger partial charge is 0.293 e. The summed E-state index contributed by atoms with van der Waals surface area (Å²) in [4.78, 5) is 26.3. The highest BCUT2D eigenvalue weighted by atomic mass is 16.2. The van der Waals surface area contributed by atoms with Crippen LogP contribution in [0.15, 0.2) is 47.4 Å². The lowest BCUT2D eigenvalue weighted by Gasteiger charge is -2.12. The molecule has 2 aromatic heterocycles. The Kier molecular flexibility index (Phi) is 5.12. The molecule has 0 saturated heterocycles. The summed E-state index contributed by atoms with van der Waals surface area (Å²) < 4.78 is 2.96. The van der Waals surface area contributed by atoms with E-state index < -0.39 is 0 Å². The molecule has 0 radical (unpaired) electrons. The predicted molar refractivity (Wildman–Crippen MR) is 129 cm³/mol. The van der Waals surface area contributed by atoms with Crippen LogP contribution in [-0.4, -0.2) is 25.5 Å². The summed E-state index contributed by atoms with van der Waals surface area (Å²) in [7, 11) is 0. The largest absolute Gasteiger partial charge is 0.324 e. The second-order valence-electron chi connectivity index (χ2n) is 9.13. The number of nitrogens with one attached hydrogen (secondary N) is 1. The molecule has 1 fully saturated rings. The van der Waals surface area contributed by atoms with Crippen molar-refractivity contribution in [2.24, 2.45) is 0 Å².